The first-order valence-electron chi connectivity index (χ1n) is 8.76. The van der Waals surface area contributed by atoms with Crippen LogP contribution in [-0.2, 0) is 9.59 Å². The average Bonchev–Trinajstić information content (AvgIpc) is 2.73. The van der Waals surface area contributed by atoms with E-state index in [2.05, 4.69) is 10.6 Å². The molecule has 1 atom stereocenters. The third-order valence-electron chi connectivity index (χ3n) is 3.81. The van der Waals surface area contributed by atoms with Crippen LogP contribution in [0, 0.1) is 11.3 Å². The molecule has 0 bridgehead atoms. The van der Waals surface area contributed by atoms with Crippen molar-refractivity contribution >= 4 is 41.1 Å². The van der Waals surface area contributed by atoms with Gasteiger partial charge in [0.05, 0.1) is 5.69 Å². The summed E-state index contributed by atoms with van der Waals surface area (Å²) in [5.41, 5.74) is 0.541. The minimum Gasteiger partial charge on any atom is -0.480 e. The van der Waals surface area contributed by atoms with Gasteiger partial charge in [0.2, 0.25) is 0 Å². The summed E-state index contributed by atoms with van der Waals surface area (Å²) < 4.78 is 0. The number of amides is 1. The van der Waals surface area contributed by atoms with Crippen molar-refractivity contribution in [3.63, 3.8) is 0 Å². The maximum absolute atomic E-state index is 12.3. The Balaban J connectivity index is 2.11. The highest BCUT2D eigenvalue weighted by atomic mass is 32.2. The van der Waals surface area contributed by atoms with Crippen molar-refractivity contribution in [2.24, 2.45) is 0 Å². The van der Waals surface area contributed by atoms with Crippen LogP contribution in [0.25, 0.3) is 0 Å². The molecule has 6 nitrogen and oxygen atoms in total. The highest BCUT2D eigenvalue weighted by Crippen LogP contribution is 2.33. The van der Waals surface area contributed by atoms with E-state index >= 15 is 0 Å². The van der Waals surface area contributed by atoms with Gasteiger partial charge in [-0.15, -0.1) is 0 Å². The number of para-hydroxylation sites is 1. The molecular formula is C21H21N3O3S2. The number of benzene rings is 2. The smallest absolute Gasteiger partial charge is 0.326 e. The number of rotatable bonds is 10. The lowest BCUT2D eigenvalue weighted by atomic mass is 10.2. The third kappa shape index (κ3) is 7.22. The van der Waals surface area contributed by atoms with Gasteiger partial charge in [-0.25, -0.2) is 4.79 Å². The number of carbonyl (C=O) groups excluding carboxylic acids is 1. The number of carboxylic acids is 1. The zero-order valence-electron chi connectivity index (χ0n) is 15.8. The summed E-state index contributed by atoms with van der Waals surface area (Å²) in [6, 6.07) is 18.1. The molecule has 0 saturated carbocycles. The minimum absolute atomic E-state index is 0.195. The Morgan fingerprint density at radius 2 is 1.86 bits per heavy atom. The number of carboxylic acid groups (broad SMARTS) is 1. The predicted octanol–water partition coefficient (Wildman–Crippen LogP) is 3.98. The molecule has 0 saturated heterocycles. The quantitative estimate of drug-likeness (QED) is 0.389. The van der Waals surface area contributed by atoms with Gasteiger partial charge in [-0.2, -0.15) is 17.0 Å². The Labute approximate surface area is 178 Å². The van der Waals surface area contributed by atoms with Crippen molar-refractivity contribution in [3.8, 4) is 6.07 Å². The number of aliphatic carboxylic acids is 1. The molecule has 0 spiro atoms. The zero-order valence-corrected chi connectivity index (χ0v) is 17.4. The maximum atomic E-state index is 12.3. The van der Waals surface area contributed by atoms with Crippen LogP contribution < -0.4 is 10.6 Å². The number of nitrogens with one attached hydrogen (secondary N) is 2. The van der Waals surface area contributed by atoms with Gasteiger partial charge in [-0.1, -0.05) is 42.1 Å². The topological polar surface area (TPSA) is 102 Å². The SMILES string of the molecule is CSCCC(NC(=O)/C(C#N)=C\Nc1ccccc1Sc1ccccc1)C(=O)O. The fourth-order valence-corrected chi connectivity index (χ4v) is 3.72. The summed E-state index contributed by atoms with van der Waals surface area (Å²) >= 11 is 3.04. The van der Waals surface area contributed by atoms with E-state index in [1.165, 1.54) is 18.0 Å². The van der Waals surface area contributed by atoms with Gasteiger partial charge in [0, 0.05) is 16.0 Å². The molecule has 0 aliphatic heterocycles. The maximum Gasteiger partial charge on any atom is 0.326 e. The highest BCUT2D eigenvalue weighted by Gasteiger charge is 2.21. The Kier molecular flexibility index (Phi) is 9.15. The molecule has 150 valence electrons. The van der Waals surface area contributed by atoms with Crippen LogP contribution in [0.4, 0.5) is 5.69 Å². The largest absolute Gasteiger partial charge is 0.480 e. The lowest BCUT2D eigenvalue weighted by Gasteiger charge is -2.14. The monoisotopic (exact) mass is 427 g/mol. The van der Waals surface area contributed by atoms with Gasteiger partial charge in [-0.05, 0) is 42.7 Å². The summed E-state index contributed by atoms with van der Waals surface area (Å²) in [5, 5.41) is 24.0. The molecule has 0 aromatic heterocycles. The van der Waals surface area contributed by atoms with Crippen LogP contribution in [0.15, 0.2) is 76.2 Å². The Morgan fingerprint density at radius 3 is 2.52 bits per heavy atom. The van der Waals surface area contributed by atoms with Crippen molar-refractivity contribution < 1.29 is 14.7 Å². The Bertz CT molecular complexity index is 911. The molecule has 0 aliphatic rings. The zero-order chi connectivity index (χ0) is 21.1. The van der Waals surface area contributed by atoms with E-state index in [1.807, 2.05) is 66.9 Å². The summed E-state index contributed by atoms with van der Waals surface area (Å²) in [6.45, 7) is 0. The van der Waals surface area contributed by atoms with E-state index in [9.17, 15) is 20.0 Å². The standard InChI is InChI=1S/C21H21N3O3S2/c1-28-12-11-18(21(26)27)24-20(25)15(13-22)14-23-17-9-5-6-10-19(17)29-16-7-3-2-4-8-16/h2-10,14,18,23H,11-12H2,1H3,(H,24,25)(H,26,27)/b15-14-. The van der Waals surface area contributed by atoms with Gasteiger partial charge in [-0.3, -0.25) is 4.79 Å². The molecule has 2 aromatic carbocycles. The molecule has 1 amide bonds. The van der Waals surface area contributed by atoms with Crippen molar-refractivity contribution in [1.29, 1.82) is 5.26 Å². The van der Waals surface area contributed by atoms with Crippen LogP contribution >= 0.6 is 23.5 Å². The van der Waals surface area contributed by atoms with Gasteiger partial charge in [0.15, 0.2) is 0 Å². The summed E-state index contributed by atoms with van der Waals surface area (Å²) in [6.07, 6.45) is 3.44. The number of thioether (sulfide) groups is 1. The van der Waals surface area contributed by atoms with E-state index in [4.69, 9.17) is 0 Å². The first-order valence-corrected chi connectivity index (χ1v) is 11.0. The van der Waals surface area contributed by atoms with E-state index in [0.717, 1.165) is 15.5 Å². The normalized spacial score (nSPS) is 11.9. The summed E-state index contributed by atoms with van der Waals surface area (Å²) in [7, 11) is 0. The van der Waals surface area contributed by atoms with Crippen LogP contribution in [0.2, 0.25) is 0 Å². The molecule has 8 heteroatoms. The van der Waals surface area contributed by atoms with Crippen molar-refractivity contribution in [2.75, 3.05) is 17.3 Å². The fraction of sp³-hybridized carbons (Fsp3) is 0.190. The van der Waals surface area contributed by atoms with Gasteiger partial charge < -0.3 is 15.7 Å². The molecule has 3 N–H and O–H groups in total. The average molecular weight is 428 g/mol. The minimum atomic E-state index is -1.12. The van der Waals surface area contributed by atoms with E-state index in [1.54, 1.807) is 11.8 Å². The second-order valence-electron chi connectivity index (χ2n) is 5.87. The molecule has 2 aromatic rings. The van der Waals surface area contributed by atoms with Crippen LogP contribution in [0.1, 0.15) is 6.42 Å². The first-order chi connectivity index (χ1) is 14.0. The Hall–Kier alpha value is -2.89. The van der Waals surface area contributed by atoms with Crippen LogP contribution in [0.5, 0.6) is 0 Å². The van der Waals surface area contributed by atoms with Crippen molar-refractivity contribution in [3.05, 3.63) is 66.4 Å². The van der Waals surface area contributed by atoms with Crippen molar-refractivity contribution in [1.82, 2.24) is 5.32 Å². The van der Waals surface area contributed by atoms with E-state index < -0.39 is 17.9 Å². The highest BCUT2D eigenvalue weighted by molar-refractivity contribution is 7.99. The number of nitrogens with zero attached hydrogens (tertiary/aromatic N) is 1. The number of nitriles is 1. The molecule has 0 heterocycles. The number of anilines is 1. The van der Waals surface area contributed by atoms with Gasteiger partial charge >= 0.3 is 5.97 Å². The summed E-state index contributed by atoms with van der Waals surface area (Å²) in [4.78, 5) is 25.6. The first kappa shape index (κ1) is 22.4. The number of carbonyl (C=O) groups is 2. The molecule has 0 aliphatic carbocycles. The van der Waals surface area contributed by atoms with E-state index in [-0.39, 0.29) is 12.0 Å². The second kappa shape index (κ2) is 11.8. The second-order valence-corrected chi connectivity index (χ2v) is 7.97. The van der Waals surface area contributed by atoms with Crippen LogP contribution in [0.3, 0.4) is 0 Å². The molecular weight excluding hydrogens is 406 g/mol. The number of hydrogen-bond donors (Lipinski definition) is 3. The molecule has 29 heavy (non-hydrogen) atoms. The lowest BCUT2D eigenvalue weighted by molar-refractivity contribution is -0.141. The third-order valence-corrected chi connectivity index (χ3v) is 5.54. The molecule has 1 unspecified atom stereocenters. The fourth-order valence-electron chi connectivity index (χ4n) is 2.32. The van der Waals surface area contributed by atoms with E-state index in [0.29, 0.717) is 5.75 Å². The predicted molar refractivity (Wildman–Crippen MR) is 117 cm³/mol. The molecule has 2 rings (SSSR count). The lowest BCUT2D eigenvalue weighted by Crippen LogP contribution is -2.41. The van der Waals surface area contributed by atoms with Crippen molar-refractivity contribution in [2.45, 2.75) is 22.3 Å². The van der Waals surface area contributed by atoms with Gasteiger partial charge in [0.25, 0.3) is 5.91 Å². The molecule has 0 fully saturated rings. The van der Waals surface area contributed by atoms with Gasteiger partial charge in [0.1, 0.15) is 17.7 Å². The number of hydrogen-bond acceptors (Lipinski definition) is 6. The molecule has 0 radical (unpaired) electrons. The summed E-state index contributed by atoms with van der Waals surface area (Å²) in [5.74, 6) is -1.26. The Morgan fingerprint density at radius 1 is 1.17 bits per heavy atom. The van der Waals surface area contributed by atoms with Crippen LogP contribution in [-0.4, -0.2) is 35.0 Å².